The highest BCUT2D eigenvalue weighted by Gasteiger charge is 2.27. The van der Waals surface area contributed by atoms with Crippen LogP contribution >= 0.6 is 7.82 Å². The topological polar surface area (TPSA) is 131 Å². The van der Waals surface area contributed by atoms with E-state index in [1.807, 2.05) is 0 Å². The lowest BCUT2D eigenvalue weighted by molar-refractivity contribution is -0.123. The van der Waals surface area contributed by atoms with Gasteiger partial charge in [-0.3, -0.25) is 13.8 Å². The minimum absolute atomic E-state index is 0.0833. The summed E-state index contributed by atoms with van der Waals surface area (Å²) >= 11 is 0. The molecule has 312 valence electrons. The first-order valence-corrected chi connectivity index (χ1v) is 23.6. The predicted molar refractivity (Wildman–Crippen MR) is 226 cm³/mol. The Hall–Kier alpha value is -1.28. The highest BCUT2D eigenvalue weighted by Crippen LogP contribution is 2.43. The van der Waals surface area contributed by atoms with Crippen LogP contribution in [0.5, 0.6) is 0 Å². The Morgan fingerprint density at radius 3 is 1.58 bits per heavy atom. The maximum Gasteiger partial charge on any atom is 0.472 e. The van der Waals surface area contributed by atoms with E-state index in [4.69, 9.17) is 14.8 Å². The van der Waals surface area contributed by atoms with Crippen molar-refractivity contribution in [3.05, 3.63) is 36.5 Å². The normalized spacial score (nSPS) is 14.4. The first-order chi connectivity index (χ1) is 25.9. The predicted octanol–water partition coefficient (Wildman–Crippen LogP) is 12.3. The Balaban J connectivity index is 4.12. The van der Waals surface area contributed by atoms with Crippen molar-refractivity contribution in [2.75, 3.05) is 19.8 Å². The van der Waals surface area contributed by atoms with Gasteiger partial charge >= 0.3 is 7.82 Å². The number of aliphatic hydroxyl groups is 1. The average Bonchev–Trinajstić information content (AvgIpc) is 3.14. The molecular weight excluding hydrogens is 683 g/mol. The molecule has 9 heteroatoms. The zero-order valence-electron chi connectivity index (χ0n) is 34.5. The first-order valence-electron chi connectivity index (χ1n) is 22.1. The van der Waals surface area contributed by atoms with Crippen LogP contribution < -0.4 is 11.1 Å². The van der Waals surface area contributed by atoms with Crippen molar-refractivity contribution in [1.82, 2.24) is 5.32 Å². The smallest absolute Gasteiger partial charge is 0.391 e. The fraction of sp³-hybridized carbons (Fsp3) is 0.841. The molecule has 0 aromatic carbocycles. The second-order valence-corrected chi connectivity index (χ2v) is 16.3. The van der Waals surface area contributed by atoms with Gasteiger partial charge in [-0.15, -0.1) is 0 Å². The second-order valence-electron chi connectivity index (χ2n) is 14.9. The minimum Gasteiger partial charge on any atom is -0.391 e. The maximum absolute atomic E-state index is 12.7. The van der Waals surface area contributed by atoms with Gasteiger partial charge in [-0.25, -0.2) is 4.57 Å². The van der Waals surface area contributed by atoms with Crippen molar-refractivity contribution in [1.29, 1.82) is 0 Å². The molecular formula is C44H85N2O6P. The Morgan fingerprint density at radius 1 is 0.642 bits per heavy atom. The Labute approximate surface area is 327 Å². The molecule has 3 atom stereocenters. The summed E-state index contributed by atoms with van der Waals surface area (Å²) in [6, 6.07) is -0.789. The number of aliphatic hydroxyl groups excluding tert-OH is 1. The van der Waals surface area contributed by atoms with Crippen LogP contribution in [0.25, 0.3) is 0 Å². The number of hydrogen-bond acceptors (Lipinski definition) is 6. The van der Waals surface area contributed by atoms with Gasteiger partial charge in [0.15, 0.2) is 0 Å². The summed E-state index contributed by atoms with van der Waals surface area (Å²) in [4.78, 5) is 22.7. The van der Waals surface area contributed by atoms with Crippen LogP contribution in [-0.4, -0.2) is 47.8 Å². The fourth-order valence-electron chi connectivity index (χ4n) is 6.45. The highest BCUT2D eigenvalue weighted by atomic mass is 31.2. The second kappa shape index (κ2) is 40.4. The van der Waals surface area contributed by atoms with Gasteiger partial charge in [0, 0.05) is 13.0 Å². The number of hydrogen-bond donors (Lipinski definition) is 4. The number of nitrogens with two attached hydrogens (primary N) is 1. The third kappa shape index (κ3) is 38.8. The molecule has 0 heterocycles. The molecule has 0 aliphatic rings. The lowest BCUT2D eigenvalue weighted by atomic mass is 10.0. The zero-order valence-corrected chi connectivity index (χ0v) is 35.4. The van der Waals surface area contributed by atoms with Gasteiger partial charge in [0.2, 0.25) is 5.91 Å². The lowest BCUT2D eigenvalue weighted by Crippen LogP contribution is -2.46. The van der Waals surface area contributed by atoms with E-state index in [0.29, 0.717) is 12.8 Å². The molecule has 0 bridgehead atoms. The third-order valence-corrected chi connectivity index (χ3v) is 10.7. The first kappa shape index (κ1) is 51.7. The molecule has 8 nitrogen and oxygen atoms in total. The number of rotatable bonds is 41. The molecule has 0 aromatic heterocycles. The van der Waals surface area contributed by atoms with Gasteiger partial charge in [0.25, 0.3) is 0 Å². The monoisotopic (exact) mass is 769 g/mol. The number of carbonyl (C=O) groups excluding carboxylic acids is 1. The number of allylic oxidation sites excluding steroid dienone is 6. The Kier molecular flexibility index (Phi) is 39.4. The lowest BCUT2D eigenvalue weighted by Gasteiger charge is -2.25. The third-order valence-electron chi connectivity index (χ3n) is 9.76. The summed E-state index contributed by atoms with van der Waals surface area (Å²) in [6.45, 7) is 4.08. The molecule has 5 N–H and O–H groups in total. The summed E-state index contributed by atoms with van der Waals surface area (Å²) < 4.78 is 22.2. The van der Waals surface area contributed by atoms with Crippen LogP contribution in [-0.2, 0) is 18.4 Å². The summed E-state index contributed by atoms with van der Waals surface area (Å²) in [7, 11) is -4.32. The van der Waals surface area contributed by atoms with Gasteiger partial charge in [-0.1, -0.05) is 192 Å². The highest BCUT2D eigenvalue weighted by molar-refractivity contribution is 7.47. The van der Waals surface area contributed by atoms with E-state index in [0.717, 1.165) is 64.2 Å². The average molecular weight is 769 g/mol. The molecule has 1 amide bonds. The largest absolute Gasteiger partial charge is 0.472 e. The van der Waals surface area contributed by atoms with E-state index in [9.17, 15) is 19.4 Å². The molecule has 0 aliphatic carbocycles. The van der Waals surface area contributed by atoms with Crippen LogP contribution in [0.3, 0.4) is 0 Å². The summed E-state index contributed by atoms with van der Waals surface area (Å²) in [6.07, 6.45) is 47.4. The van der Waals surface area contributed by atoms with Crippen molar-refractivity contribution < 1.29 is 28.4 Å². The molecule has 0 radical (unpaired) electrons. The van der Waals surface area contributed by atoms with Gasteiger partial charge in [0.05, 0.1) is 25.4 Å². The van der Waals surface area contributed by atoms with Gasteiger partial charge in [-0.05, 0) is 44.9 Å². The van der Waals surface area contributed by atoms with E-state index >= 15 is 0 Å². The van der Waals surface area contributed by atoms with E-state index in [1.165, 1.54) is 116 Å². The number of phosphoric ester groups is 1. The molecule has 53 heavy (non-hydrogen) atoms. The Bertz CT molecular complexity index is 928. The van der Waals surface area contributed by atoms with Crippen LogP contribution in [0.2, 0.25) is 0 Å². The molecule has 0 fully saturated rings. The SMILES string of the molecule is CC/C=C\C/C=C\C/C=C\CCCCCC(=O)NC(COP(=O)(O)OCCN)C(O)CCCCCCCCCCCCCCCCCCCCCCC. The number of phosphoric acid groups is 1. The van der Waals surface area contributed by atoms with E-state index in [2.05, 4.69) is 55.6 Å². The van der Waals surface area contributed by atoms with Crippen molar-refractivity contribution in [3.8, 4) is 0 Å². The van der Waals surface area contributed by atoms with Crippen LogP contribution in [0.15, 0.2) is 36.5 Å². The molecule has 0 spiro atoms. The minimum atomic E-state index is -4.32. The van der Waals surface area contributed by atoms with Gasteiger partial charge < -0.3 is 21.1 Å². The van der Waals surface area contributed by atoms with Gasteiger partial charge in [0.1, 0.15) is 0 Å². The molecule has 0 saturated heterocycles. The molecule has 0 aliphatic heterocycles. The van der Waals surface area contributed by atoms with Crippen molar-refractivity contribution in [3.63, 3.8) is 0 Å². The molecule has 3 unspecified atom stereocenters. The fourth-order valence-corrected chi connectivity index (χ4v) is 7.21. The zero-order chi connectivity index (χ0) is 38.9. The number of amides is 1. The molecule has 0 saturated carbocycles. The molecule has 0 aromatic rings. The number of carbonyl (C=O) groups is 1. The summed E-state index contributed by atoms with van der Waals surface area (Å²) in [5, 5.41) is 13.8. The number of unbranched alkanes of at least 4 members (excludes halogenated alkanes) is 23. The van der Waals surface area contributed by atoms with Crippen molar-refractivity contribution in [2.45, 2.75) is 219 Å². The summed E-state index contributed by atoms with van der Waals surface area (Å²) in [5.74, 6) is -0.190. The van der Waals surface area contributed by atoms with E-state index < -0.39 is 20.0 Å². The molecule has 0 rings (SSSR count). The van der Waals surface area contributed by atoms with Crippen molar-refractivity contribution >= 4 is 13.7 Å². The Morgan fingerprint density at radius 2 is 1.09 bits per heavy atom. The summed E-state index contributed by atoms with van der Waals surface area (Å²) in [5.41, 5.74) is 5.38. The van der Waals surface area contributed by atoms with E-state index in [1.54, 1.807) is 0 Å². The quantitative estimate of drug-likeness (QED) is 0.0277. The van der Waals surface area contributed by atoms with E-state index in [-0.39, 0.29) is 25.7 Å². The van der Waals surface area contributed by atoms with Gasteiger partial charge in [-0.2, -0.15) is 0 Å². The van der Waals surface area contributed by atoms with Crippen LogP contribution in [0.1, 0.15) is 206 Å². The maximum atomic E-state index is 12.7. The van der Waals surface area contributed by atoms with Crippen LogP contribution in [0.4, 0.5) is 0 Å². The standard InChI is InChI=1S/C44H85N2O6P/c1-3-5-7-9-11-13-15-17-18-19-20-21-22-23-24-26-27-29-31-33-35-37-43(47)42(41-52-53(49,50)51-40-39-45)46-44(48)38-36-34-32-30-28-25-16-14-12-10-8-6-4-2/h6,8,12,14,25,28,42-43,47H,3-5,7,9-11,13,15-24,26-27,29-41,45H2,1-2H3,(H,46,48)(H,49,50)/b8-6-,14-12-,28-25-. The van der Waals surface area contributed by atoms with Crippen molar-refractivity contribution in [2.24, 2.45) is 5.73 Å². The number of nitrogens with one attached hydrogen (secondary N) is 1. The van der Waals surface area contributed by atoms with Crippen LogP contribution in [0, 0.1) is 0 Å².